The topological polar surface area (TPSA) is 87.6 Å². The number of hydrogen-bond acceptors (Lipinski definition) is 4. The van der Waals surface area contributed by atoms with Crippen LogP contribution in [0.1, 0.15) is 18.9 Å². The molecule has 0 aliphatic rings. The zero-order valence-electron chi connectivity index (χ0n) is 10.8. The van der Waals surface area contributed by atoms with Crippen molar-refractivity contribution in [2.45, 2.75) is 25.5 Å². The van der Waals surface area contributed by atoms with Crippen LogP contribution in [0, 0.1) is 0 Å². The van der Waals surface area contributed by atoms with Crippen molar-refractivity contribution in [1.82, 2.24) is 0 Å². The zero-order valence-corrected chi connectivity index (χ0v) is 10.8. The fourth-order valence-electron chi connectivity index (χ4n) is 1.40. The molecular formula is C13H20N2O3. The number of amides is 1. The van der Waals surface area contributed by atoms with Gasteiger partial charge in [0.15, 0.2) is 0 Å². The van der Waals surface area contributed by atoms with Gasteiger partial charge in [-0.05, 0) is 24.6 Å². The van der Waals surface area contributed by atoms with Crippen LogP contribution in [0.25, 0.3) is 0 Å². The molecule has 0 aliphatic heterocycles. The van der Waals surface area contributed by atoms with Crippen LogP contribution in [0.3, 0.4) is 0 Å². The van der Waals surface area contributed by atoms with E-state index in [-0.39, 0.29) is 0 Å². The first kappa shape index (κ1) is 14.5. The Kier molecular flexibility index (Phi) is 5.12. The summed E-state index contributed by atoms with van der Waals surface area (Å²) in [6.45, 7) is 2.47. The molecule has 1 amide bonds. The minimum atomic E-state index is -1.04. The van der Waals surface area contributed by atoms with E-state index in [0.717, 1.165) is 11.3 Å². The summed E-state index contributed by atoms with van der Waals surface area (Å²) in [4.78, 5) is 11.0. The quantitative estimate of drug-likeness (QED) is 0.751. The molecule has 5 nitrogen and oxygen atoms in total. The van der Waals surface area contributed by atoms with Gasteiger partial charge in [0.1, 0.15) is 5.75 Å². The Hall–Kier alpha value is -1.59. The molecule has 0 bridgehead atoms. The monoisotopic (exact) mass is 252 g/mol. The number of rotatable bonds is 7. The van der Waals surface area contributed by atoms with E-state index in [2.05, 4.69) is 0 Å². The summed E-state index contributed by atoms with van der Waals surface area (Å²) in [7, 11) is 1.64. The van der Waals surface area contributed by atoms with E-state index in [0.29, 0.717) is 19.6 Å². The lowest BCUT2D eigenvalue weighted by molar-refractivity contribution is -0.123. The highest BCUT2D eigenvalue weighted by atomic mass is 16.5. The number of carbonyl (C=O) groups excluding carboxylic acids is 1. The van der Waals surface area contributed by atoms with Gasteiger partial charge >= 0.3 is 0 Å². The fraction of sp³-hybridized carbons (Fsp3) is 0.462. The maximum atomic E-state index is 11.0. The van der Waals surface area contributed by atoms with Gasteiger partial charge in [-0.15, -0.1) is 0 Å². The predicted octanol–water partition coefficient (Wildman–Crippen LogP) is 0.805. The highest BCUT2D eigenvalue weighted by Crippen LogP contribution is 2.15. The summed E-state index contributed by atoms with van der Waals surface area (Å²) in [5.41, 5.74) is 10.9. The summed E-state index contributed by atoms with van der Waals surface area (Å²) in [6, 6.07) is 7.57. The molecule has 0 heterocycles. The van der Waals surface area contributed by atoms with Gasteiger partial charge in [-0.1, -0.05) is 12.1 Å². The average Bonchev–Trinajstić information content (AvgIpc) is 2.29. The largest absolute Gasteiger partial charge is 0.493 e. The molecule has 4 N–H and O–H groups in total. The van der Waals surface area contributed by atoms with E-state index in [9.17, 15) is 4.79 Å². The van der Waals surface area contributed by atoms with Gasteiger partial charge in [0.05, 0.1) is 18.8 Å². The normalized spacial score (nSPS) is 13.9. The minimum absolute atomic E-state index is 0.340. The standard InChI is InChI=1S/C13H20N2O3/c1-13(15,12(14)16)6-7-18-11-5-3-4-10(8-11)9-17-2/h3-5,8H,6-7,9,15H2,1-2H3,(H2,14,16). The van der Waals surface area contributed by atoms with E-state index in [1.807, 2.05) is 24.3 Å². The average molecular weight is 252 g/mol. The van der Waals surface area contributed by atoms with Crippen molar-refractivity contribution >= 4 is 5.91 Å². The van der Waals surface area contributed by atoms with Crippen molar-refractivity contribution in [3.63, 3.8) is 0 Å². The summed E-state index contributed by atoms with van der Waals surface area (Å²) < 4.78 is 10.6. The second-order valence-electron chi connectivity index (χ2n) is 4.46. The molecule has 0 spiro atoms. The molecule has 1 aromatic carbocycles. The summed E-state index contributed by atoms with van der Waals surface area (Å²) >= 11 is 0. The van der Waals surface area contributed by atoms with Gasteiger partial charge in [-0.3, -0.25) is 4.79 Å². The Morgan fingerprint density at radius 3 is 2.78 bits per heavy atom. The Balaban J connectivity index is 2.49. The molecule has 1 unspecified atom stereocenters. The third-order valence-electron chi connectivity index (χ3n) is 2.66. The number of methoxy groups -OCH3 is 1. The second kappa shape index (κ2) is 6.37. The van der Waals surface area contributed by atoms with Crippen molar-refractivity contribution in [3.05, 3.63) is 29.8 Å². The lowest BCUT2D eigenvalue weighted by Gasteiger charge is -2.20. The third kappa shape index (κ3) is 4.35. The summed E-state index contributed by atoms with van der Waals surface area (Å²) in [5, 5.41) is 0. The van der Waals surface area contributed by atoms with Crippen LogP contribution >= 0.6 is 0 Å². The van der Waals surface area contributed by atoms with Crippen molar-refractivity contribution in [3.8, 4) is 5.75 Å². The van der Waals surface area contributed by atoms with Crippen LogP contribution in [-0.2, 0) is 16.1 Å². The first-order valence-corrected chi connectivity index (χ1v) is 5.75. The number of primary amides is 1. The van der Waals surface area contributed by atoms with Gasteiger partial charge in [0.25, 0.3) is 0 Å². The molecule has 1 atom stereocenters. The fourth-order valence-corrected chi connectivity index (χ4v) is 1.40. The van der Waals surface area contributed by atoms with E-state index in [1.54, 1.807) is 14.0 Å². The van der Waals surface area contributed by atoms with Gasteiger partial charge in [0, 0.05) is 13.5 Å². The molecule has 5 heteroatoms. The Morgan fingerprint density at radius 2 is 2.17 bits per heavy atom. The van der Waals surface area contributed by atoms with Crippen molar-refractivity contribution in [1.29, 1.82) is 0 Å². The first-order valence-electron chi connectivity index (χ1n) is 5.75. The van der Waals surface area contributed by atoms with Crippen molar-refractivity contribution in [2.75, 3.05) is 13.7 Å². The van der Waals surface area contributed by atoms with Crippen LogP contribution < -0.4 is 16.2 Å². The highest BCUT2D eigenvalue weighted by molar-refractivity contribution is 5.83. The molecule has 0 saturated carbocycles. The zero-order chi connectivity index (χ0) is 13.6. The van der Waals surface area contributed by atoms with E-state index < -0.39 is 11.4 Å². The van der Waals surface area contributed by atoms with Gasteiger partial charge in [-0.2, -0.15) is 0 Å². The lowest BCUT2D eigenvalue weighted by Crippen LogP contribution is -2.50. The summed E-state index contributed by atoms with van der Waals surface area (Å²) in [6.07, 6.45) is 0.372. The van der Waals surface area contributed by atoms with Gasteiger partial charge in [-0.25, -0.2) is 0 Å². The minimum Gasteiger partial charge on any atom is -0.493 e. The molecule has 1 aromatic rings. The number of carbonyl (C=O) groups is 1. The molecule has 0 aromatic heterocycles. The highest BCUT2D eigenvalue weighted by Gasteiger charge is 2.25. The second-order valence-corrected chi connectivity index (χ2v) is 4.46. The number of ether oxygens (including phenoxy) is 2. The van der Waals surface area contributed by atoms with Crippen molar-refractivity contribution in [2.24, 2.45) is 11.5 Å². The maximum Gasteiger partial charge on any atom is 0.237 e. The van der Waals surface area contributed by atoms with Crippen LogP contribution in [-0.4, -0.2) is 25.2 Å². The predicted molar refractivity (Wildman–Crippen MR) is 69.1 cm³/mol. The van der Waals surface area contributed by atoms with Crippen molar-refractivity contribution < 1.29 is 14.3 Å². The van der Waals surface area contributed by atoms with Gasteiger partial charge in [0.2, 0.25) is 5.91 Å². The molecule has 0 aliphatic carbocycles. The Morgan fingerprint density at radius 1 is 1.44 bits per heavy atom. The van der Waals surface area contributed by atoms with Crippen LogP contribution in [0.4, 0.5) is 0 Å². The lowest BCUT2D eigenvalue weighted by atomic mass is 9.99. The first-order chi connectivity index (χ1) is 8.45. The van der Waals surface area contributed by atoms with Crippen LogP contribution in [0.15, 0.2) is 24.3 Å². The number of hydrogen-bond donors (Lipinski definition) is 2. The van der Waals surface area contributed by atoms with Crippen LogP contribution in [0.2, 0.25) is 0 Å². The van der Waals surface area contributed by atoms with E-state index in [1.165, 1.54) is 0 Å². The van der Waals surface area contributed by atoms with E-state index in [4.69, 9.17) is 20.9 Å². The molecule has 18 heavy (non-hydrogen) atoms. The number of benzene rings is 1. The molecular weight excluding hydrogens is 232 g/mol. The maximum absolute atomic E-state index is 11.0. The molecule has 1 rings (SSSR count). The molecule has 0 saturated heterocycles. The molecule has 100 valence electrons. The van der Waals surface area contributed by atoms with Gasteiger partial charge < -0.3 is 20.9 Å². The smallest absolute Gasteiger partial charge is 0.237 e. The molecule has 0 fully saturated rings. The number of nitrogens with two attached hydrogens (primary N) is 2. The Labute approximate surface area is 107 Å². The van der Waals surface area contributed by atoms with Crippen LogP contribution in [0.5, 0.6) is 5.75 Å². The molecule has 0 radical (unpaired) electrons. The third-order valence-corrected chi connectivity index (χ3v) is 2.66. The SMILES string of the molecule is COCc1cccc(OCCC(C)(N)C(N)=O)c1. The van der Waals surface area contributed by atoms with E-state index >= 15 is 0 Å². The summed E-state index contributed by atoms with van der Waals surface area (Å²) in [5.74, 6) is 0.198. The Bertz CT molecular complexity index is 405.